The molecule has 2 rings (SSSR count). The Kier molecular flexibility index (Phi) is 3.29. The van der Waals surface area contributed by atoms with Crippen LogP contribution < -0.4 is 5.32 Å². The fourth-order valence-electron chi connectivity index (χ4n) is 1.51. The van der Waals surface area contributed by atoms with Gasteiger partial charge in [0.2, 0.25) is 0 Å². The van der Waals surface area contributed by atoms with Crippen LogP contribution in [-0.4, -0.2) is 12.6 Å². The van der Waals surface area contributed by atoms with Gasteiger partial charge in [0, 0.05) is 12.5 Å². The van der Waals surface area contributed by atoms with Crippen molar-refractivity contribution < 1.29 is 4.42 Å². The molecule has 1 fully saturated rings. The van der Waals surface area contributed by atoms with Gasteiger partial charge in [0.15, 0.2) is 0 Å². The van der Waals surface area contributed by atoms with Gasteiger partial charge in [-0.25, -0.2) is 0 Å². The van der Waals surface area contributed by atoms with E-state index in [2.05, 4.69) is 28.2 Å². The van der Waals surface area contributed by atoms with E-state index in [4.69, 9.17) is 4.42 Å². The Hall–Kier alpha value is -0.280. The van der Waals surface area contributed by atoms with E-state index in [0.29, 0.717) is 5.92 Å². The molecule has 78 valence electrons. The van der Waals surface area contributed by atoms with Crippen LogP contribution in [0.2, 0.25) is 0 Å². The molecule has 1 unspecified atom stereocenters. The van der Waals surface area contributed by atoms with Crippen molar-refractivity contribution in [2.75, 3.05) is 6.54 Å². The minimum atomic E-state index is 0.637. The van der Waals surface area contributed by atoms with Crippen molar-refractivity contribution in [1.29, 1.82) is 0 Å². The molecule has 1 aromatic heterocycles. The second-order valence-corrected chi connectivity index (χ2v) is 5.04. The van der Waals surface area contributed by atoms with Crippen LogP contribution in [0.5, 0.6) is 0 Å². The van der Waals surface area contributed by atoms with E-state index in [0.717, 1.165) is 29.2 Å². The molecular formula is C11H16BrNO. The van der Waals surface area contributed by atoms with E-state index in [1.807, 2.05) is 6.07 Å². The number of hydrogen-bond acceptors (Lipinski definition) is 2. The first-order chi connectivity index (χ1) is 6.75. The van der Waals surface area contributed by atoms with Crippen LogP contribution in [0.4, 0.5) is 0 Å². The highest BCUT2D eigenvalue weighted by atomic mass is 79.9. The van der Waals surface area contributed by atoms with Gasteiger partial charge >= 0.3 is 0 Å². The van der Waals surface area contributed by atoms with Crippen LogP contribution in [0.1, 0.15) is 25.5 Å². The number of furan rings is 1. The van der Waals surface area contributed by atoms with Crippen LogP contribution in [0.25, 0.3) is 0 Å². The molecule has 0 bridgehead atoms. The highest BCUT2D eigenvalue weighted by molar-refractivity contribution is 9.10. The predicted molar refractivity (Wildman–Crippen MR) is 60.3 cm³/mol. The molecule has 0 aliphatic heterocycles. The molecule has 14 heavy (non-hydrogen) atoms. The highest BCUT2D eigenvalue weighted by Crippen LogP contribution is 2.22. The zero-order valence-corrected chi connectivity index (χ0v) is 10.0. The molecule has 0 amide bonds. The average molecular weight is 258 g/mol. The lowest BCUT2D eigenvalue weighted by Gasteiger charge is -2.10. The molecule has 0 radical (unpaired) electrons. The van der Waals surface area contributed by atoms with Crippen molar-refractivity contribution >= 4 is 15.9 Å². The third kappa shape index (κ3) is 2.85. The van der Waals surface area contributed by atoms with Crippen molar-refractivity contribution in [1.82, 2.24) is 5.32 Å². The van der Waals surface area contributed by atoms with E-state index >= 15 is 0 Å². The van der Waals surface area contributed by atoms with Crippen LogP contribution in [0.15, 0.2) is 21.2 Å². The van der Waals surface area contributed by atoms with Crippen LogP contribution in [-0.2, 0) is 6.42 Å². The Balaban J connectivity index is 1.75. The molecule has 0 saturated heterocycles. The van der Waals surface area contributed by atoms with Gasteiger partial charge in [-0.05, 0) is 47.3 Å². The van der Waals surface area contributed by atoms with Gasteiger partial charge in [0.05, 0.1) is 10.7 Å². The van der Waals surface area contributed by atoms with E-state index < -0.39 is 0 Å². The third-order valence-electron chi connectivity index (χ3n) is 2.56. The number of halogens is 1. The molecule has 0 spiro atoms. The van der Waals surface area contributed by atoms with Crippen molar-refractivity contribution in [2.24, 2.45) is 5.92 Å². The Morgan fingerprint density at radius 1 is 1.64 bits per heavy atom. The quantitative estimate of drug-likeness (QED) is 0.878. The van der Waals surface area contributed by atoms with Gasteiger partial charge in [-0.15, -0.1) is 0 Å². The van der Waals surface area contributed by atoms with Gasteiger partial charge in [-0.2, -0.15) is 0 Å². The van der Waals surface area contributed by atoms with Gasteiger partial charge in [-0.1, -0.05) is 6.92 Å². The van der Waals surface area contributed by atoms with Crippen molar-refractivity contribution in [2.45, 2.75) is 32.2 Å². The lowest BCUT2D eigenvalue weighted by molar-refractivity contribution is 0.436. The lowest BCUT2D eigenvalue weighted by Crippen LogP contribution is -2.24. The molecule has 1 atom stereocenters. The summed E-state index contributed by atoms with van der Waals surface area (Å²) >= 11 is 3.47. The van der Waals surface area contributed by atoms with Gasteiger partial charge in [0.1, 0.15) is 5.76 Å². The number of hydrogen-bond donors (Lipinski definition) is 1. The van der Waals surface area contributed by atoms with E-state index in [1.165, 1.54) is 12.8 Å². The Morgan fingerprint density at radius 2 is 2.43 bits per heavy atom. The van der Waals surface area contributed by atoms with Gasteiger partial charge in [0.25, 0.3) is 0 Å². The fraction of sp³-hybridized carbons (Fsp3) is 0.636. The molecule has 2 nitrogen and oxygen atoms in total. The molecule has 3 heteroatoms. The lowest BCUT2D eigenvalue weighted by atomic mass is 10.1. The molecule has 1 saturated carbocycles. The molecule has 1 N–H and O–H groups in total. The third-order valence-corrected chi connectivity index (χ3v) is 3.26. The molecule has 1 aliphatic rings. The van der Waals surface area contributed by atoms with Crippen LogP contribution in [0, 0.1) is 5.92 Å². The van der Waals surface area contributed by atoms with E-state index in [9.17, 15) is 0 Å². The zero-order valence-electron chi connectivity index (χ0n) is 8.42. The van der Waals surface area contributed by atoms with Crippen molar-refractivity contribution in [3.05, 3.63) is 22.6 Å². The van der Waals surface area contributed by atoms with E-state index in [-0.39, 0.29) is 0 Å². The maximum absolute atomic E-state index is 5.38. The van der Waals surface area contributed by atoms with Gasteiger partial charge in [-0.3, -0.25) is 0 Å². The minimum Gasteiger partial charge on any atom is -0.468 e. The maximum atomic E-state index is 5.38. The second kappa shape index (κ2) is 4.49. The number of nitrogens with one attached hydrogen (secondary N) is 1. The Bertz CT molecular complexity index is 293. The maximum Gasteiger partial charge on any atom is 0.118 e. The number of rotatable bonds is 5. The summed E-state index contributed by atoms with van der Waals surface area (Å²) in [6, 6.07) is 2.76. The summed E-state index contributed by atoms with van der Waals surface area (Å²) in [5.74, 6) is 1.70. The first kappa shape index (κ1) is 10.2. The largest absolute Gasteiger partial charge is 0.468 e. The summed E-state index contributed by atoms with van der Waals surface area (Å²) in [4.78, 5) is 0. The van der Waals surface area contributed by atoms with E-state index in [1.54, 1.807) is 6.26 Å². The second-order valence-electron chi connectivity index (χ2n) is 4.18. The molecular weight excluding hydrogens is 242 g/mol. The summed E-state index contributed by atoms with van der Waals surface area (Å²) in [6.07, 6.45) is 5.46. The summed E-state index contributed by atoms with van der Waals surface area (Å²) in [7, 11) is 0. The zero-order chi connectivity index (χ0) is 9.97. The normalized spacial score (nSPS) is 18.4. The standard InChI is InChI=1S/C11H16BrNO/c1-8(7-13-9-2-3-9)6-11-10(12)4-5-14-11/h4-5,8-9,13H,2-3,6-7H2,1H3. The molecule has 1 aromatic rings. The smallest absolute Gasteiger partial charge is 0.118 e. The van der Waals surface area contributed by atoms with Crippen LogP contribution >= 0.6 is 15.9 Å². The van der Waals surface area contributed by atoms with Crippen LogP contribution in [0.3, 0.4) is 0 Å². The molecule has 1 heterocycles. The Morgan fingerprint density at radius 3 is 3.00 bits per heavy atom. The Labute approximate surface area is 93.2 Å². The topological polar surface area (TPSA) is 25.2 Å². The average Bonchev–Trinajstić information content (AvgIpc) is 2.90. The summed E-state index contributed by atoms with van der Waals surface area (Å²) < 4.78 is 6.48. The minimum absolute atomic E-state index is 0.637. The van der Waals surface area contributed by atoms with Crippen molar-refractivity contribution in [3.63, 3.8) is 0 Å². The molecule has 0 aromatic carbocycles. The predicted octanol–water partition coefficient (Wildman–Crippen LogP) is 2.97. The SMILES string of the molecule is CC(CNC1CC1)Cc1occc1Br. The monoisotopic (exact) mass is 257 g/mol. The first-order valence-corrected chi connectivity index (χ1v) is 6.00. The summed E-state index contributed by atoms with van der Waals surface area (Å²) in [5, 5.41) is 3.53. The fourth-order valence-corrected chi connectivity index (χ4v) is 1.88. The first-order valence-electron chi connectivity index (χ1n) is 5.21. The molecule has 1 aliphatic carbocycles. The van der Waals surface area contributed by atoms with Gasteiger partial charge < -0.3 is 9.73 Å². The highest BCUT2D eigenvalue weighted by Gasteiger charge is 2.21. The summed E-state index contributed by atoms with van der Waals surface area (Å²) in [5.41, 5.74) is 0. The van der Waals surface area contributed by atoms with Crippen molar-refractivity contribution in [3.8, 4) is 0 Å². The summed E-state index contributed by atoms with van der Waals surface area (Å²) in [6.45, 7) is 3.35.